The van der Waals surface area contributed by atoms with E-state index in [1.165, 1.54) is 0 Å². The summed E-state index contributed by atoms with van der Waals surface area (Å²) in [6.07, 6.45) is 0. The number of rotatable bonds is 3. The second kappa shape index (κ2) is 4.14. The van der Waals surface area contributed by atoms with E-state index < -0.39 is 11.0 Å². The minimum atomic E-state index is -0.997. The van der Waals surface area contributed by atoms with E-state index in [9.17, 15) is 15.0 Å². The Morgan fingerprint density at radius 1 is 1.82 bits per heavy atom. The van der Waals surface area contributed by atoms with Crippen LogP contribution in [0.4, 0.5) is 0 Å². The Bertz CT molecular complexity index is 189. The van der Waals surface area contributed by atoms with Crippen LogP contribution < -0.4 is 5.73 Å². The smallest absolute Gasteiger partial charge is 0.291 e. The summed E-state index contributed by atoms with van der Waals surface area (Å²) in [5, 5.41) is 14.4. The van der Waals surface area contributed by atoms with Gasteiger partial charge in [0.1, 0.15) is 5.10 Å². The SMILES string of the molecule is CCN(N=O)C(N)=N[N+](=O)[O-]. The highest BCUT2D eigenvalue weighted by molar-refractivity contribution is 5.76. The summed E-state index contributed by atoms with van der Waals surface area (Å²) in [4.78, 5) is 19.6. The molecule has 2 N–H and O–H groups in total. The molecule has 0 spiro atoms. The number of nitrogens with zero attached hydrogens (tertiary/aromatic N) is 4. The maximum Gasteiger partial charge on any atom is 0.291 e. The van der Waals surface area contributed by atoms with Crippen molar-refractivity contribution in [2.45, 2.75) is 6.92 Å². The summed E-state index contributed by atoms with van der Waals surface area (Å²) >= 11 is 0. The molecule has 0 radical (unpaired) electrons. The molecule has 0 saturated carbocycles. The highest BCUT2D eigenvalue weighted by atomic mass is 16.7. The summed E-state index contributed by atoms with van der Waals surface area (Å²) in [5.41, 5.74) is 4.98. The van der Waals surface area contributed by atoms with Crippen molar-refractivity contribution in [3.8, 4) is 0 Å². The van der Waals surface area contributed by atoms with Crippen molar-refractivity contribution in [2.75, 3.05) is 6.54 Å². The molecule has 8 heteroatoms. The van der Waals surface area contributed by atoms with Crippen LogP contribution in [-0.4, -0.2) is 22.5 Å². The maximum absolute atomic E-state index is 9.85. The second-order valence-corrected chi connectivity index (χ2v) is 1.49. The minimum absolute atomic E-state index is 0.146. The molecule has 0 aliphatic rings. The van der Waals surface area contributed by atoms with Crippen LogP contribution in [0.1, 0.15) is 6.92 Å². The second-order valence-electron chi connectivity index (χ2n) is 1.49. The summed E-state index contributed by atoms with van der Waals surface area (Å²) in [6.45, 7) is 1.70. The molecule has 0 aliphatic heterocycles. The molecule has 0 aromatic carbocycles. The molecule has 0 fully saturated rings. The average molecular weight is 161 g/mol. The molecular formula is C3H7N5O3. The van der Waals surface area contributed by atoms with Crippen molar-refractivity contribution >= 4 is 5.96 Å². The molecule has 62 valence electrons. The normalized spacial score (nSPS) is 10.8. The van der Waals surface area contributed by atoms with E-state index in [0.717, 1.165) is 0 Å². The molecule has 0 amide bonds. The molecule has 0 saturated heterocycles. The van der Waals surface area contributed by atoms with Gasteiger partial charge in [-0.2, -0.15) is 5.01 Å². The number of nitrogens with two attached hydrogens (primary N) is 1. The van der Waals surface area contributed by atoms with E-state index >= 15 is 0 Å². The summed E-state index contributed by atoms with van der Waals surface area (Å²) in [5.74, 6) is -0.521. The highest BCUT2D eigenvalue weighted by Crippen LogP contribution is 1.87. The molecule has 0 aromatic heterocycles. The van der Waals surface area contributed by atoms with Gasteiger partial charge in [0.15, 0.2) is 5.03 Å². The van der Waals surface area contributed by atoms with E-state index in [2.05, 4.69) is 10.4 Å². The minimum Gasteiger partial charge on any atom is -0.363 e. The molecule has 0 atom stereocenters. The van der Waals surface area contributed by atoms with Gasteiger partial charge in [0.2, 0.25) is 0 Å². The van der Waals surface area contributed by atoms with Gasteiger partial charge in [-0.05, 0) is 6.92 Å². The zero-order valence-electron chi connectivity index (χ0n) is 5.80. The molecule has 0 heterocycles. The van der Waals surface area contributed by atoms with Crippen molar-refractivity contribution in [3.05, 3.63) is 15.0 Å². The zero-order chi connectivity index (χ0) is 8.85. The van der Waals surface area contributed by atoms with Crippen LogP contribution in [0, 0.1) is 15.0 Å². The van der Waals surface area contributed by atoms with E-state index in [1.54, 1.807) is 6.92 Å². The van der Waals surface area contributed by atoms with Crippen molar-refractivity contribution in [1.29, 1.82) is 0 Å². The molecule has 8 nitrogen and oxygen atoms in total. The third kappa shape index (κ3) is 3.08. The Morgan fingerprint density at radius 3 is 2.64 bits per heavy atom. The third-order valence-corrected chi connectivity index (χ3v) is 0.847. The van der Waals surface area contributed by atoms with Crippen LogP contribution >= 0.6 is 0 Å². The van der Waals surface area contributed by atoms with Crippen molar-refractivity contribution in [3.63, 3.8) is 0 Å². The standard InChI is InChI=1S/C3H7N5O3/c1-2-7(6-9)3(4)5-8(10)11/h2H2,1H3,(H2,4,5). The quantitative estimate of drug-likeness (QED) is 0.197. The Hall–Kier alpha value is -1.73. The molecule has 0 aliphatic carbocycles. The monoisotopic (exact) mass is 161 g/mol. The van der Waals surface area contributed by atoms with Gasteiger partial charge in [0.05, 0.1) is 5.29 Å². The lowest BCUT2D eigenvalue weighted by Crippen LogP contribution is -2.33. The third-order valence-electron chi connectivity index (χ3n) is 0.847. The number of nitro groups is 1. The first-order valence-corrected chi connectivity index (χ1v) is 2.71. The van der Waals surface area contributed by atoms with Crippen LogP contribution in [0.5, 0.6) is 0 Å². The van der Waals surface area contributed by atoms with Crippen LogP contribution in [-0.2, 0) is 0 Å². The van der Waals surface area contributed by atoms with Crippen LogP contribution in [0.3, 0.4) is 0 Å². The Kier molecular flexibility index (Phi) is 3.49. The molecular weight excluding hydrogens is 154 g/mol. The van der Waals surface area contributed by atoms with Gasteiger partial charge in [0.25, 0.3) is 5.96 Å². The number of hydrogen-bond acceptors (Lipinski definition) is 4. The predicted molar refractivity (Wildman–Crippen MR) is 36.8 cm³/mol. The summed E-state index contributed by atoms with van der Waals surface area (Å²) in [7, 11) is 0. The Balaban J connectivity index is 4.30. The summed E-state index contributed by atoms with van der Waals surface area (Å²) < 4.78 is 0. The lowest BCUT2D eigenvalue weighted by atomic mass is 10.7. The number of hydrazone groups is 1. The number of guanidine groups is 1. The maximum atomic E-state index is 9.85. The zero-order valence-corrected chi connectivity index (χ0v) is 5.80. The van der Waals surface area contributed by atoms with Crippen molar-refractivity contribution < 1.29 is 5.03 Å². The molecule has 0 unspecified atom stereocenters. The Labute approximate surface area is 61.8 Å². The van der Waals surface area contributed by atoms with E-state index in [0.29, 0.717) is 5.01 Å². The fraction of sp³-hybridized carbons (Fsp3) is 0.667. The Morgan fingerprint density at radius 2 is 2.36 bits per heavy atom. The van der Waals surface area contributed by atoms with Gasteiger partial charge < -0.3 is 5.73 Å². The van der Waals surface area contributed by atoms with Crippen LogP contribution in [0.2, 0.25) is 0 Å². The van der Waals surface area contributed by atoms with Gasteiger partial charge in [-0.3, -0.25) is 0 Å². The van der Waals surface area contributed by atoms with Gasteiger partial charge in [-0.15, -0.1) is 4.91 Å². The van der Waals surface area contributed by atoms with Gasteiger partial charge >= 0.3 is 0 Å². The van der Waals surface area contributed by atoms with Gasteiger partial charge in [-0.1, -0.05) is 0 Å². The van der Waals surface area contributed by atoms with E-state index in [4.69, 9.17) is 5.73 Å². The highest BCUT2D eigenvalue weighted by Gasteiger charge is 2.08. The van der Waals surface area contributed by atoms with Crippen molar-refractivity contribution in [2.24, 2.45) is 16.1 Å². The lowest BCUT2D eigenvalue weighted by Gasteiger charge is -2.06. The van der Waals surface area contributed by atoms with E-state index in [1.807, 2.05) is 0 Å². The number of nitroso groups, excluding NO2 is 1. The van der Waals surface area contributed by atoms with Gasteiger partial charge in [0, 0.05) is 6.54 Å². The number of hydrogen-bond donors (Lipinski definition) is 1. The first-order chi connectivity index (χ1) is 5.11. The van der Waals surface area contributed by atoms with Gasteiger partial charge in [-0.25, -0.2) is 10.1 Å². The summed E-state index contributed by atoms with van der Waals surface area (Å²) in [6, 6.07) is 0. The fourth-order valence-corrected chi connectivity index (χ4v) is 0.397. The van der Waals surface area contributed by atoms with E-state index in [-0.39, 0.29) is 6.54 Å². The molecule has 0 aromatic rings. The largest absolute Gasteiger partial charge is 0.363 e. The molecule has 0 rings (SSSR count). The first-order valence-electron chi connectivity index (χ1n) is 2.71. The van der Waals surface area contributed by atoms with Crippen LogP contribution in [0.15, 0.2) is 10.4 Å². The first kappa shape index (κ1) is 9.27. The van der Waals surface area contributed by atoms with Crippen molar-refractivity contribution in [1.82, 2.24) is 5.01 Å². The molecule has 0 bridgehead atoms. The lowest BCUT2D eigenvalue weighted by molar-refractivity contribution is -0.485. The average Bonchev–Trinajstić information content (AvgIpc) is 1.88. The molecule has 11 heavy (non-hydrogen) atoms. The van der Waals surface area contributed by atoms with Crippen LogP contribution in [0.25, 0.3) is 0 Å². The predicted octanol–water partition coefficient (Wildman–Crippen LogP) is -0.504. The fourth-order valence-electron chi connectivity index (χ4n) is 0.397. The topological polar surface area (TPSA) is 114 Å².